The fourth-order valence-electron chi connectivity index (χ4n) is 9.15. The van der Waals surface area contributed by atoms with Gasteiger partial charge < -0.3 is 25.5 Å². The molecule has 10 unspecified atom stereocenters. The smallest absolute Gasteiger partial charge is 0.187 e. The number of aliphatic hydroxyl groups excluding tert-OH is 3. The number of allylic oxidation sites excluding steroid dienone is 1. The highest BCUT2D eigenvalue weighted by atomic mass is 16.3. The minimum Gasteiger partial charge on any atom is -0.393 e. The summed E-state index contributed by atoms with van der Waals surface area (Å²) in [5, 5.41) is 54.6. The lowest BCUT2D eigenvalue weighted by Crippen LogP contribution is -2.65. The van der Waals surface area contributed by atoms with Crippen LogP contribution in [0.25, 0.3) is 0 Å². The van der Waals surface area contributed by atoms with Crippen LogP contribution in [-0.2, 0) is 9.59 Å². The molecule has 0 heterocycles. The van der Waals surface area contributed by atoms with Crippen molar-refractivity contribution in [1.29, 1.82) is 0 Å². The number of ketones is 2. The predicted molar refractivity (Wildman–Crippen MR) is 139 cm³/mol. The van der Waals surface area contributed by atoms with Crippen LogP contribution in [-0.4, -0.2) is 66.6 Å². The van der Waals surface area contributed by atoms with Gasteiger partial charge in [-0.05, 0) is 68.8 Å². The normalized spacial score (nSPS) is 47.1. The molecule has 0 saturated heterocycles. The molecule has 7 heteroatoms. The highest BCUT2D eigenvalue weighted by Crippen LogP contribution is 2.74. The van der Waals surface area contributed by atoms with Gasteiger partial charge >= 0.3 is 0 Å². The van der Waals surface area contributed by atoms with Gasteiger partial charge in [0.15, 0.2) is 5.78 Å². The fraction of sp³-hybridized carbons (Fsp3) is 0.800. The second-order valence-electron chi connectivity index (χ2n) is 14.4. The molecule has 37 heavy (non-hydrogen) atoms. The highest BCUT2D eigenvalue weighted by Gasteiger charge is 2.74. The molecular weight excluding hydrogens is 472 g/mol. The summed E-state index contributed by atoms with van der Waals surface area (Å²) in [6.45, 7) is 14.3. The SMILES string of the molecule is CC(C)(O)/C=C/C(=O)C(C)(O)C1C(O)CC2(C)C3CC=C4C(CC(O)C(O)C4(C)C)C3(C)C(=O)CC12C. The number of fused-ring (bicyclic) bond motifs is 5. The molecule has 208 valence electrons. The Hall–Kier alpha value is -1.38. The van der Waals surface area contributed by atoms with Crippen molar-refractivity contribution in [2.24, 2.45) is 39.4 Å². The van der Waals surface area contributed by atoms with Crippen molar-refractivity contribution < 1.29 is 35.1 Å². The Morgan fingerprint density at radius 1 is 1.00 bits per heavy atom. The largest absolute Gasteiger partial charge is 0.393 e. The summed E-state index contributed by atoms with van der Waals surface area (Å²) in [5.41, 5.74) is -5.07. The second kappa shape index (κ2) is 8.31. The van der Waals surface area contributed by atoms with Crippen LogP contribution in [0.4, 0.5) is 0 Å². The summed E-state index contributed by atoms with van der Waals surface area (Å²) in [7, 11) is 0. The first-order valence-electron chi connectivity index (χ1n) is 13.6. The van der Waals surface area contributed by atoms with Gasteiger partial charge in [0.2, 0.25) is 0 Å². The van der Waals surface area contributed by atoms with E-state index in [-0.39, 0.29) is 24.0 Å². The summed E-state index contributed by atoms with van der Waals surface area (Å²) in [6.07, 6.45) is 3.10. The number of Topliss-reactive ketones (excluding diaryl/α,β-unsaturated/α-hetero) is 1. The molecule has 0 amide bonds. The van der Waals surface area contributed by atoms with E-state index in [2.05, 4.69) is 13.0 Å². The van der Waals surface area contributed by atoms with E-state index in [1.54, 1.807) is 0 Å². The van der Waals surface area contributed by atoms with Crippen molar-refractivity contribution in [2.45, 2.75) is 111 Å². The first kappa shape index (κ1) is 28.6. The van der Waals surface area contributed by atoms with E-state index in [1.807, 2.05) is 27.7 Å². The Kier molecular flexibility index (Phi) is 6.43. The molecule has 0 bridgehead atoms. The molecule has 3 saturated carbocycles. The van der Waals surface area contributed by atoms with E-state index in [1.165, 1.54) is 32.9 Å². The number of hydrogen-bond donors (Lipinski definition) is 5. The quantitative estimate of drug-likeness (QED) is 0.285. The number of carbonyl (C=O) groups is 2. The van der Waals surface area contributed by atoms with E-state index in [0.29, 0.717) is 19.3 Å². The highest BCUT2D eigenvalue weighted by molar-refractivity contribution is 5.97. The van der Waals surface area contributed by atoms with Gasteiger partial charge in [-0.15, -0.1) is 0 Å². The zero-order chi connectivity index (χ0) is 28.1. The monoisotopic (exact) mass is 518 g/mol. The predicted octanol–water partition coefficient (Wildman–Crippen LogP) is 2.72. The van der Waals surface area contributed by atoms with Crippen molar-refractivity contribution >= 4 is 11.6 Å². The first-order valence-corrected chi connectivity index (χ1v) is 13.6. The van der Waals surface area contributed by atoms with Crippen LogP contribution in [0.15, 0.2) is 23.8 Å². The molecule has 0 aromatic rings. The topological polar surface area (TPSA) is 135 Å². The van der Waals surface area contributed by atoms with Gasteiger partial charge in [0.1, 0.15) is 11.4 Å². The molecule has 0 aromatic heterocycles. The average molecular weight is 519 g/mol. The Bertz CT molecular complexity index is 1050. The van der Waals surface area contributed by atoms with Crippen LogP contribution < -0.4 is 0 Å². The molecule has 7 nitrogen and oxygen atoms in total. The molecule has 0 radical (unpaired) electrons. The third-order valence-electron chi connectivity index (χ3n) is 11.4. The zero-order valence-electron chi connectivity index (χ0n) is 23.6. The van der Waals surface area contributed by atoms with Gasteiger partial charge in [0, 0.05) is 23.2 Å². The van der Waals surface area contributed by atoms with Crippen LogP contribution in [0.2, 0.25) is 0 Å². The molecule has 3 fully saturated rings. The summed E-state index contributed by atoms with van der Waals surface area (Å²) in [4.78, 5) is 27.4. The Morgan fingerprint density at radius 3 is 2.16 bits per heavy atom. The van der Waals surface area contributed by atoms with E-state index in [4.69, 9.17) is 0 Å². The molecular formula is C30H46O7. The maximum Gasteiger partial charge on any atom is 0.187 e. The summed E-state index contributed by atoms with van der Waals surface area (Å²) in [5.74, 6) is -1.88. The summed E-state index contributed by atoms with van der Waals surface area (Å²) in [6, 6.07) is 0. The van der Waals surface area contributed by atoms with E-state index in [9.17, 15) is 35.1 Å². The Balaban J connectivity index is 1.79. The Morgan fingerprint density at radius 2 is 1.59 bits per heavy atom. The van der Waals surface area contributed by atoms with E-state index < -0.39 is 62.9 Å². The van der Waals surface area contributed by atoms with Gasteiger partial charge in [0.05, 0.1) is 23.9 Å². The lowest BCUT2D eigenvalue weighted by atomic mass is 9.38. The third-order valence-corrected chi connectivity index (χ3v) is 11.4. The van der Waals surface area contributed by atoms with Gasteiger partial charge in [-0.1, -0.05) is 52.3 Å². The molecule has 4 aliphatic rings. The van der Waals surface area contributed by atoms with E-state index >= 15 is 0 Å². The Labute approximate surface area is 220 Å². The van der Waals surface area contributed by atoms with Crippen molar-refractivity contribution in [1.82, 2.24) is 0 Å². The fourth-order valence-corrected chi connectivity index (χ4v) is 9.15. The summed E-state index contributed by atoms with van der Waals surface area (Å²) >= 11 is 0. The number of rotatable bonds is 4. The van der Waals surface area contributed by atoms with Crippen LogP contribution in [0.5, 0.6) is 0 Å². The number of aliphatic hydroxyl groups is 5. The lowest BCUT2D eigenvalue weighted by Gasteiger charge is -2.65. The minimum atomic E-state index is -1.94. The molecule has 4 aliphatic carbocycles. The average Bonchev–Trinajstić information content (AvgIpc) is 2.96. The minimum absolute atomic E-state index is 0.0156. The molecule has 0 aromatic carbocycles. The lowest BCUT2D eigenvalue weighted by molar-refractivity contribution is -0.186. The van der Waals surface area contributed by atoms with Crippen LogP contribution in [0.3, 0.4) is 0 Å². The molecule has 5 N–H and O–H groups in total. The third kappa shape index (κ3) is 3.79. The molecule has 0 spiro atoms. The number of hydrogen-bond acceptors (Lipinski definition) is 7. The van der Waals surface area contributed by atoms with Crippen LogP contribution >= 0.6 is 0 Å². The maximum atomic E-state index is 14.2. The zero-order valence-corrected chi connectivity index (χ0v) is 23.6. The standard InChI is InChI=1S/C30H46O7/c1-25(2,36)12-11-21(33)30(8,37)23-19(32)14-27(5)20-10-9-16-17(13-18(31)24(35)26(16,3)4)29(20,7)22(34)15-28(23,27)6/h9,11-12,17-20,23-24,31-32,35-37H,10,13-15H2,1-8H3/b12-11+. The maximum absolute atomic E-state index is 14.2. The molecule has 0 aliphatic heterocycles. The second-order valence-corrected chi connectivity index (χ2v) is 14.4. The van der Waals surface area contributed by atoms with Crippen molar-refractivity contribution in [2.75, 3.05) is 0 Å². The van der Waals surface area contributed by atoms with E-state index in [0.717, 1.165) is 5.57 Å². The van der Waals surface area contributed by atoms with Gasteiger partial charge in [-0.2, -0.15) is 0 Å². The molecule has 4 rings (SSSR count). The number of carbonyl (C=O) groups excluding carboxylic acids is 2. The van der Waals surface area contributed by atoms with Gasteiger partial charge in [-0.3, -0.25) is 9.59 Å². The van der Waals surface area contributed by atoms with Crippen LogP contribution in [0, 0.1) is 39.4 Å². The van der Waals surface area contributed by atoms with Gasteiger partial charge in [0.25, 0.3) is 0 Å². The van der Waals surface area contributed by atoms with Gasteiger partial charge in [-0.25, -0.2) is 0 Å². The van der Waals surface area contributed by atoms with Crippen molar-refractivity contribution in [3.05, 3.63) is 23.8 Å². The molecule has 10 atom stereocenters. The summed E-state index contributed by atoms with van der Waals surface area (Å²) < 4.78 is 0. The first-order chi connectivity index (χ1) is 16.7. The van der Waals surface area contributed by atoms with Crippen molar-refractivity contribution in [3.8, 4) is 0 Å². The van der Waals surface area contributed by atoms with Crippen LogP contribution in [0.1, 0.15) is 81.1 Å². The van der Waals surface area contributed by atoms with Crippen molar-refractivity contribution in [3.63, 3.8) is 0 Å².